The average molecular weight is 231 g/mol. The second-order valence-electron chi connectivity index (χ2n) is 5.67. The summed E-state index contributed by atoms with van der Waals surface area (Å²) in [6.07, 6.45) is 6.85. The van der Waals surface area contributed by atoms with Gasteiger partial charge < -0.3 is 0 Å². The van der Waals surface area contributed by atoms with Crippen LogP contribution in [0.25, 0.3) is 0 Å². The largest absolute Gasteiger partial charge is 0.294 e. The molecule has 2 atom stereocenters. The number of rotatable bonds is 2. The molecule has 0 spiro atoms. The second kappa shape index (κ2) is 4.99. The van der Waals surface area contributed by atoms with E-state index in [0.717, 1.165) is 24.0 Å². The molecule has 2 rings (SSSR count). The predicted octanol–water partition coefficient (Wildman–Crippen LogP) is 3.65. The summed E-state index contributed by atoms with van der Waals surface area (Å²) in [4.78, 5) is 16.5. The quantitative estimate of drug-likeness (QED) is 0.727. The molecule has 0 saturated heterocycles. The van der Waals surface area contributed by atoms with Gasteiger partial charge in [-0.05, 0) is 49.7 Å². The fourth-order valence-electron chi connectivity index (χ4n) is 3.13. The van der Waals surface area contributed by atoms with Crippen molar-refractivity contribution in [3.05, 3.63) is 29.6 Å². The lowest BCUT2D eigenvalue weighted by Gasteiger charge is -2.30. The van der Waals surface area contributed by atoms with Crippen molar-refractivity contribution in [2.24, 2.45) is 17.8 Å². The normalized spacial score (nSPS) is 29.0. The Morgan fingerprint density at radius 2 is 1.88 bits per heavy atom. The molecule has 1 aromatic rings. The number of Topliss-reactive ketones (excluding diaryl/α,β-unsaturated/α-hetero) is 1. The minimum atomic E-state index is 0.217. The lowest BCUT2D eigenvalue weighted by molar-refractivity contribution is 0.0835. The van der Waals surface area contributed by atoms with Crippen molar-refractivity contribution in [3.8, 4) is 0 Å². The molecule has 0 aromatic carbocycles. The van der Waals surface area contributed by atoms with Crippen molar-refractivity contribution in [2.45, 2.75) is 40.0 Å². The van der Waals surface area contributed by atoms with Gasteiger partial charge in [-0.25, -0.2) is 0 Å². The lowest BCUT2D eigenvalue weighted by Crippen LogP contribution is -2.26. The van der Waals surface area contributed by atoms with Crippen molar-refractivity contribution in [3.63, 3.8) is 0 Å². The number of carbonyl (C=O) groups is 1. The molecule has 0 bridgehead atoms. The van der Waals surface area contributed by atoms with Crippen LogP contribution in [0.15, 0.2) is 18.5 Å². The molecule has 0 N–H and O–H groups in total. The summed E-state index contributed by atoms with van der Waals surface area (Å²) in [5.41, 5.74) is 1.87. The Kier molecular flexibility index (Phi) is 3.60. The molecular weight excluding hydrogens is 210 g/mol. The summed E-state index contributed by atoms with van der Waals surface area (Å²) in [5.74, 6) is 1.89. The van der Waals surface area contributed by atoms with Gasteiger partial charge in [-0.1, -0.05) is 13.8 Å². The van der Waals surface area contributed by atoms with E-state index in [1.54, 1.807) is 12.4 Å². The first kappa shape index (κ1) is 12.3. The van der Waals surface area contributed by atoms with E-state index in [1.807, 2.05) is 13.0 Å². The number of aryl methyl sites for hydroxylation is 1. The van der Waals surface area contributed by atoms with Gasteiger partial charge in [0.2, 0.25) is 0 Å². The van der Waals surface area contributed by atoms with Gasteiger partial charge in [0.05, 0.1) is 0 Å². The molecule has 2 nitrogen and oxygen atoms in total. The number of carbonyl (C=O) groups excluding carboxylic acids is 1. The Hall–Kier alpha value is -1.18. The standard InChI is InChI=1S/C15H21NO/c1-10-6-11(2)8-13(7-10)15(17)14-4-5-16-9-12(14)3/h4-5,9-11,13H,6-8H2,1-3H3. The predicted molar refractivity (Wildman–Crippen MR) is 69.0 cm³/mol. The summed E-state index contributed by atoms with van der Waals surface area (Å²) in [5, 5.41) is 0. The third kappa shape index (κ3) is 2.74. The van der Waals surface area contributed by atoms with E-state index in [-0.39, 0.29) is 5.92 Å². The zero-order valence-corrected chi connectivity index (χ0v) is 10.9. The fraction of sp³-hybridized carbons (Fsp3) is 0.600. The molecule has 92 valence electrons. The van der Waals surface area contributed by atoms with E-state index in [4.69, 9.17) is 0 Å². The molecule has 0 radical (unpaired) electrons. The van der Waals surface area contributed by atoms with Crippen LogP contribution in [0.5, 0.6) is 0 Å². The summed E-state index contributed by atoms with van der Waals surface area (Å²) >= 11 is 0. The van der Waals surface area contributed by atoms with Crippen molar-refractivity contribution in [1.29, 1.82) is 0 Å². The number of hydrogen-bond donors (Lipinski definition) is 0. The maximum Gasteiger partial charge on any atom is 0.166 e. The molecule has 1 fully saturated rings. The molecular formula is C15H21NO. The van der Waals surface area contributed by atoms with Crippen molar-refractivity contribution in [1.82, 2.24) is 4.98 Å². The second-order valence-corrected chi connectivity index (χ2v) is 5.67. The minimum absolute atomic E-state index is 0.217. The molecule has 1 aliphatic rings. The highest BCUT2D eigenvalue weighted by atomic mass is 16.1. The fourth-order valence-corrected chi connectivity index (χ4v) is 3.13. The Balaban J connectivity index is 2.17. The first-order valence-electron chi connectivity index (χ1n) is 6.52. The summed E-state index contributed by atoms with van der Waals surface area (Å²) in [6.45, 7) is 6.49. The molecule has 17 heavy (non-hydrogen) atoms. The summed E-state index contributed by atoms with van der Waals surface area (Å²) in [7, 11) is 0. The number of aromatic nitrogens is 1. The molecule has 1 aliphatic carbocycles. The zero-order chi connectivity index (χ0) is 12.4. The monoisotopic (exact) mass is 231 g/mol. The van der Waals surface area contributed by atoms with E-state index in [2.05, 4.69) is 18.8 Å². The van der Waals surface area contributed by atoms with Crippen LogP contribution < -0.4 is 0 Å². The van der Waals surface area contributed by atoms with Gasteiger partial charge in [0, 0.05) is 23.9 Å². The van der Waals surface area contributed by atoms with Crippen molar-refractivity contribution < 1.29 is 4.79 Å². The van der Waals surface area contributed by atoms with Crippen LogP contribution in [-0.2, 0) is 0 Å². The first-order valence-corrected chi connectivity index (χ1v) is 6.52. The van der Waals surface area contributed by atoms with Gasteiger partial charge in [-0.2, -0.15) is 0 Å². The highest BCUT2D eigenvalue weighted by molar-refractivity contribution is 5.99. The van der Waals surface area contributed by atoms with E-state index in [9.17, 15) is 4.79 Å². The average Bonchev–Trinajstić information content (AvgIpc) is 2.27. The minimum Gasteiger partial charge on any atom is -0.294 e. The number of ketones is 1. The molecule has 1 heterocycles. The van der Waals surface area contributed by atoms with Gasteiger partial charge in [0.1, 0.15) is 0 Å². The third-order valence-corrected chi connectivity index (χ3v) is 3.84. The highest BCUT2D eigenvalue weighted by Gasteiger charge is 2.29. The summed E-state index contributed by atoms with van der Waals surface area (Å²) in [6, 6.07) is 1.86. The van der Waals surface area contributed by atoms with E-state index in [1.165, 1.54) is 6.42 Å². The Bertz CT molecular complexity index is 403. The van der Waals surface area contributed by atoms with Crippen LogP contribution in [0.3, 0.4) is 0 Å². The maximum absolute atomic E-state index is 12.5. The van der Waals surface area contributed by atoms with E-state index >= 15 is 0 Å². The van der Waals surface area contributed by atoms with Gasteiger partial charge in [-0.3, -0.25) is 9.78 Å². The molecule has 0 aliphatic heterocycles. The maximum atomic E-state index is 12.5. The smallest absolute Gasteiger partial charge is 0.166 e. The molecule has 1 saturated carbocycles. The number of hydrogen-bond acceptors (Lipinski definition) is 2. The SMILES string of the molecule is Cc1cnccc1C(=O)C1CC(C)CC(C)C1. The summed E-state index contributed by atoms with van der Waals surface area (Å²) < 4.78 is 0. The van der Waals surface area contributed by atoms with Crippen molar-refractivity contribution >= 4 is 5.78 Å². The Morgan fingerprint density at radius 3 is 2.47 bits per heavy atom. The van der Waals surface area contributed by atoms with Gasteiger partial charge in [-0.15, -0.1) is 0 Å². The van der Waals surface area contributed by atoms with Crippen LogP contribution in [0.4, 0.5) is 0 Å². The topological polar surface area (TPSA) is 30.0 Å². The van der Waals surface area contributed by atoms with Crippen LogP contribution in [0, 0.1) is 24.7 Å². The third-order valence-electron chi connectivity index (χ3n) is 3.84. The number of nitrogens with zero attached hydrogens (tertiary/aromatic N) is 1. The van der Waals surface area contributed by atoms with Gasteiger partial charge in [0.25, 0.3) is 0 Å². The molecule has 2 heteroatoms. The molecule has 0 amide bonds. The lowest BCUT2D eigenvalue weighted by atomic mass is 9.74. The Morgan fingerprint density at radius 1 is 1.24 bits per heavy atom. The van der Waals surface area contributed by atoms with E-state index < -0.39 is 0 Å². The Labute approximate surface area is 103 Å². The molecule has 2 unspecified atom stereocenters. The van der Waals surface area contributed by atoms with Crippen molar-refractivity contribution in [2.75, 3.05) is 0 Å². The highest BCUT2D eigenvalue weighted by Crippen LogP contribution is 2.34. The number of pyridine rings is 1. The zero-order valence-electron chi connectivity index (χ0n) is 10.9. The van der Waals surface area contributed by atoms with Crippen LogP contribution in [-0.4, -0.2) is 10.8 Å². The first-order chi connectivity index (χ1) is 8.08. The molecule has 1 aromatic heterocycles. The van der Waals surface area contributed by atoms with Gasteiger partial charge >= 0.3 is 0 Å². The van der Waals surface area contributed by atoms with Crippen LogP contribution in [0.1, 0.15) is 49.0 Å². The van der Waals surface area contributed by atoms with E-state index in [0.29, 0.717) is 17.6 Å². The van der Waals surface area contributed by atoms with Crippen LogP contribution in [0.2, 0.25) is 0 Å². The van der Waals surface area contributed by atoms with Gasteiger partial charge in [0.15, 0.2) is 5.78 Å². The van der Waals surface area contributed by atoms with Crippen LogP contribution >= 0.6 is 0 Å².